The molecule has 3 heterocycles. The first-order valence-electron chi connectivity index (χ1n) is 10.2. The number of carbonyl (C=O) groups excluding carboxylic acids is 2. The summed E-state index contributed by atoms with van der Waals surface area (Å²) in [5, 5.41) is 4.13. The van der Waals surface area contributed by atoms with Crippen molar-refractivity contribution in [2.75, 3.05) is 13.2 Å². The van der Waals surface area contributed by atoms with E-state index >= 15 is 0 Å². The molecule has 0 N–H and O–H groups in total. The molecule has 2 aromatic rings. The number of hydrogen-bond acceptors (Lipinski definition) is 6. The SMILES string of the molecule is Cc1nc2ncnn2c(C)c1CC(=O)OCC(=O)N1CCC[C@H]2CCCC[C@H]21. The molecule has 2 aliphatic rings. The Balaban J connectivity index is 1.37. The molecule has 0 aromatic carbocycles. The molecule has 0 unspecified atom stereocenters. The molecule has 4 rings (SSSR count). The van der Waals surface area contributed by atoms with Gasteiger partial charge in [0.2, 0.25) is 0 Å². The first-order valence-corrected chi connectivity index (χ1v) is 10.2. The van der Waals surface area contributed by atoms with Crippen molar-refractivity contribution >= 4 is 17.7 Å². The van der Waals surface area contributed by atoms with E-state index in [0.29, 0.717) is 17.7 Å². The second kappa shape index (κ2) is 7.85. The number of nitrogens with zero attached hydrogens (tertiary/aromatic N) is 5. The van der Waals surface area contributed by atoms with Crippen molar-refractivity contribution in [2.45, 2.75) is 64.8 Å². The van der Waals surface area contributed by atoms with Crippen LogP contribution in [-0.2, 0) is 20.7 Å². The van der Waals surface area contributed by atoms with E-state index in [1.807, 2.05) is 18.7 Å². The van der Waals surface area contributed by atoms with Crippen LogP contribution in [0.5, 0.6) is 0 Å². The van der Waals surface area contributed by atoms with Crippen molar-refractivity contribution in [3.05, 3.63) is 23.3 Å². The Labute approximate surface area is 164 Å². The number of amides is 1. The van der Waals surface area contributed by atoms with Gasteiger partial charge in [0.05, 0.1) is 6.42 Å². The van der Waals surface area contributed by atoms with Crippen molar-refractivity contribution in [2.24, 2.45) is 5.92 Å². The Kier molecular flexibility index (Phi) is 5.28. The molecule has 2 atom stereocenters. The molecule has 8 heteroatoms. The molecular formula is C20H27N5O3. The van der Waals surface area contributed by atoms with E-state index in [-0.39, 0.29) is 18.9 Å². The van der Waals surface area contributed by atoms with Gasteiger partial charge in [0.15, 0.2) is 6.61 Å². The van der Waals surface area contributed by atoms with Crippen LogP contribution >= 0.6 is 0 Å². The fourth-order valence-corrected chi connectivity index (χ4v) is 4.77. The maximum atomic E-state index is 12.7. The lowest BCUT2D eigenvalue weighted by atomic mass is 9.78. The maximum Gasteiger partial charge on any atom is 0.310 e. The van der Waals surface area contributed by atoms with Gasteiger partial charge in [-0.15, -0.1) is 0 Å². The first kappa shape index (κ1) is 18.8. The van der Waals surface area contributed by atoms with Crippen LogP contribution in [0.25, 0.3) is 5.78 Å². The zero-order chi connectivity index (χ0) is 19.7. The average Bonchev–Trinajstić information content (AvgIpc) is 3.17. The van der Waals surface area contributed by atoms with E-state index < -0.39 is 5.97 Å². The molecule has 1 aliphatic heterocycles. The number of piperidine rings is 1. The van der Waals surface area contributed by atoms with E-state index in [1.54, 1.807) is 4.52 Å². The number of hydrogen-bond donors (Lipinski definition) is 0. The topological polar surface area (TPSA) is 89.7 Å². The van der Waals surface area contributed by atoms with Crippen molar-refractivity contribution < 1.29 is 14.3 Å². The lowest BCUT2D eigenvalue weighted by molar-refractivity contribution is -0.154. The van der Waals surface area contributed by atoms with Gasteiger partial charge in [-0.1, -0.05) is 12.8 Å². The van der Waals surface area contributed by atoms with E-state index in [1.165, 1.54) is 32.0 Å². The highest BCUT2D eigenvalue weighted by Gasteiger charge is 2.35. The zero-order valence-corrected chi connectivity index (χ0v) is 16.6. The van der Waals surface area contributed by atoms with Crippen molar-refractivity contribution in [1.82, 2.24) is 24.5 Å². The third-order valence-electron chi connectivity index (χ3n) is 6.23. The Morgan fingerprint density at radius 3 is 2.82 bits per heavy atom. The first-order chi connectivity index (χ1) is 13.5. The second-order valence-electron chi connectivity index (χ2n) is 7.91. The molecule has 1 saturated carbocycles. The molecule has 8 nitrogen and oxygen atoms in total. The predicted octanol–water partition coefficient (Wildman–Crippen LogP) is 2.01. The van der Waals surface area contributed by atoms with Crippen LogP contribution in [0.4, 0.5) is 0 Å². The van der Waals surface area contributed by atoms with Crippen molar-refractivity contribution in [1.29, 1.82) is 0 Å². The van der Waals surface area contributed by atoms with Crippen LogP contribution in [0, 0.1) is 19.8 Å². The lowest BCUT2D eigenvalue weighted by Gasteiger charge is -2.44. The summed E-state index contributed by atoms with van der Waals surface area (Å²) < 4.78 is 6.95. The zero-order valence-electron chi connectivity index (χ0n) is 16.6. The number of esters is 1. The average molecular weight is 385 g/mol. The van der Waals surface area contributed by atoms with Crippen LogP contribution in [-0.4, -0.2) is 55.6 Å². The van der Waals surface area contributed by atoms with Gasteiger partial charge in [-0.2, -0.15) is 10.1 Å². The van der Waals surface area contributed by atoms with Gasteiger partial charge in [0.1, 0.15) is 6.33 Å². The molecule has 150 valence electrons. The molecule has 0 spiro atoms. The predicted molar refractivity (Wildman–Crippen MR) is 102 cm³/mol. The summed E-state index contributed by atoms with van der Waals surface area (Å²) in [5.41, 5.74) is 2.30. The summed E-state index contributed by atoms with van der Waals surface area (Å²) in [4.78, 5) is 35.5. The highest BCUT2D eigenvalue weighted by molar-refractivity contribution is 5.82. The molecule has 0 bridgehead atoms. The molecule has 1 amide bonds. The maximum absolute atomic E-state index is 12.7. The summed E-state index contributed by atoms with van der Waals surface area (Å²) in [6.45, 7) is 4.31. The summed E-state index contributed by atoms with van der Waals surface area (Å²) in [7, 11) is 0. The number of likely N-dealkylation sites (tertiary alicyclic amines) is 1. The Morgan fingerprint density at radius 1 is 1.18 bits per heavy atom. The summed E-state index contributed by atoms with van der Waals surface area (Å²) in [6.07, 6.45) is 8.50. The number of fused-ring (bicyclic) bond motifs is 2. The van der Waals surface area contributed by atoms with Crippen LogP contribution in [0.1, 0.15) is 55.5 Å². The molecule has 1 saturated heterocycles. The van der Waals surface area contributed by atoms with E-state index in [2.05, 4.69) is 15.1 Å². The highest BCUT2D eigenvalue weighted by atomic mass is 16.5. The molecule has 0 radical (unpaired) electrons. The summed E-state index contributed by atoms with van der Waals surface area (Å²) in [5.74, 6) is 0.642. The van der Waals surface area contributed by atoms with Gasteiger partial charge in [-0.3, -0.25) is 9.59 Å². The molecule has 1 aliphatic carbocycles. The minimum atomic E-state index is -0.419. The second-order valence-corrected chi connectivity index (χ2v) is 7.91. The fourth-order valence-electron chi connectivity index (χ4n) is 4.77. The Hall–Kier alpha value is -2.51. The van der Waals surface area contributed by atoms with Gasteiger partial charge < -0.3 is 9.64 Å². The van der Waals surface area contributed by atoms with Crippen molar-refractivity contribution in [3.63, 3.8) is 0 Å². The van der Waals surface area contributed by atoms with E-state index in [4.69, 9.17) is 4.74 Å². The number of ether oxygens (including phenoxy) is 1. The highest BCUT2D eigenvalue weighted by Crippen LogP contribution is 2.35. The number of rotatable bonds is 4. The van der Waals surface area contributed by atoms with Gasteiger partial charge in [-0.25, -0.2) is 9.50 Å². The smallest absolute Gasteiger partial charge is 0.310 e. The standard InChI is InChI=1S/C20H27N5O3/c1-13-16(14(2)25-20(23-13)21-12-22-25)10-19(27)28-11-18(26)24-9-5-7-15-6-3-4-8-17(15)24/h12,15,17H,3-11H2,1-2H3/t15-,17-/m1/s1. The van der Waals surface area contributed by atoms with E-state index in [0.717, 1.165) is 36.3 Å². The van der Waals surface area contributed by atoms with Crippen LogP contribution < -0.4 is 0 Å². The van der Waals surface area contributed by atoms with E-state index in [9.17, 15) is 9.59 Å². The van der Waals surface area contributed by atoms with Gasteiger partial charge in [0, 0.05) is 29.5 Å². The third-order valence-corrected chi connectivity index (χ3v) is 6.23. The minimum absolute atomic E-state index is 0.0664. The molecular weight excluding hydrogens is 358 g/mol. The molecule has 2 fully saturated rings. The van der Waals surface area contributed by atoms with Crippen LogP contribution in [0.15, 0.2) is 6.33 Å². The largest absolute Gasteiger partial charge is 0.455 e. The number of aryl methyl sites for hydroxylation is 2. The third kappa shape index (κ3) is 3.59. The van der Waals surface area contributed by atoms with Gasteiger partial charge >= 0.3 is 5.97 Å². The van der Waals surface area contributed by atoms with Gasteiger partial charge in [-0.05, 0) is 45.4 Å². The monoisotopic (exact) mass is 385 g/mol. The molecule has 28 heavy (non-hydrogen) atoms. The van der Waals surface area contributed by atoms with Crippen molar-refractivity contribution in [3.8, 4) is 0 Å². The van der Waals surface area contributed by atoms with Crippen LogP contribution in [0.2, 0.25) is 0 Å². The minimum Gasteiger partial charge on any atom is -0.455 e. The fraction of sp³-hybridized carbons (Fsp3) is 0.650. The normalized spacial score (nSPS) is 22.1. The Bertz CT molecular complexity index is 891. The number of carbonyl (C=O) groups is 2. The summed E-state index contributed by atoms with van der Waals surface area (Å²) in [6, 6.07) is 0.331. The van der Waals surface area contributed by atoms with Gasteiger partial charge in [0.25, 0.3) is 11.7 Å². The Morgan fingerprint density at radius 2 is 1.96 bits per heavy atom. The quantitative estimate of drug-likeness (QED) is 0.748. The lowest BCUT2D eigenvalue weighted by Crippen LogP contribution is -2.50. The summed E-state index contributed by atoms with van der Waals surface area (Å²) >= 11 is 0. The molecule has 2 aromatic heterocycles. The van der Waals surface area contributed by atoms with Crippen LogP contribution in [0.3, 0.4) is 0 Å². The number of aromatic nitrogens is 4.